The van der Waals surface area contributed by atoms with Crippen LogP contribution in [0.5, 0.6) is 0 Å². The molecule has 1 aliphatic heterocycles. The van der Waals surface area contributed by atoms with Crippen LogP contribution in [0.3, 0.4) is 0 Å². The lowest BCUT2D eigenvalue weighted by molar-refractivity contribution is -0.140. The number of carbonyl (C=O) groups excluding carboxylic acids is 1. The van der Waals surface area contributed by atoms with Gasteiger partial charge in [0.05, 0.1) is 18.4 Å². The first-order chi connectivity index (χ1) is 8.09. The molecule has 2 unspecified atom stereocenters. The molecule has 0 aromatic carbocycles. The van der Waals surface area contributed by atoms with Crippen molar-refractivity contribution in [2.45, 2.75) is 44.8 Å². The molecule has 0 spiro atoms. The van der Waals surface area contributed by atoms with E-state index in [4.69, 9.17) is 9.84 Å². The topological polar surface area (TPSA) is 66.8 Å². The molecule has 0 radical (unpaired) electrons. The van der Waals surface area contributed by atoms with Crippen LogP contribution >= 0.6 is 0 Å². The van der Waals surface area contributed by atoms with Crippen molar-refractivity contribution in [1.82, 2.24) is 4.90 Å². The molecule has 96 valence electrons. The highest BCUT2D eigenvalue weighted by molar-refractivity contribution is 5.81. The Morgan fingerprint density at radius 1 is 1.35 bits per heavy atom. The summed E-state index contributed by atoms with van der Waals surface area (Å²) in [6, 6.07) is 0.273. The maximum Gasteiger partial charge on any atom is 0.305 e. The molecule has 1 N–H and O–H groups in total. The van der Waals surface area contributed by atoms with Crippen LogP contribution < -0.4 is 0 Å². The third-order valence-electron chi connectivity index (χ3n) is 3.53. The Bertz CT molecular complexity index is 314. The van der Waals surface area contributed by atoms with Gasteiger partial charge in [-0.05, 0) is 26.2 Å². The molecule has 2 aliphatic rings. The predicted molar refractivity (Wildman–Crippen MR) is 60.5 cm³/mol. The number of carboxylic acids is 1. The van der Waals surface area contributed by atoms with Gasteiger partial charge in [-0.15, -0.1) is 0 Å². The fraction of sp³-hybridized carbons (Fsp3) is 0.833. The van der Waals surface area contributed by atoms with Crippen LogP contribution in [0.4, 0.5) is 0 Å². The first-order valence-electron chi connectivity index (χ1n) is 6.23. The van der Waals surface area contributed by atoms with Gasteiger partial charge in [-0.3, -0.25) is 9.59 Å². The van der Waals surface area contributed by atoms with E-state index < -0.39 is 5.97 Å². The Labute approximate surface area is 101 Å². The number of ether oxygens (including phenoxy) is 1. The lowest BCUT2D eigenvalue weighted by atomic mass is 10.0. The fourth-order valence-corrected chi connectivity index (χ4v) is 2.34. The van der Waals surface area contributed by atoms with E-state index in [-0.39, 0.29) is 30.4 Å². The molecule has 1 aliphatic carbocycles. The lowest BCUT2D eigenvalue weighted by Gasteiger charge is -2.26. The highest BCUT2D eigenvalue weighted by atomic mass is 16.5. The van der Waals surface area contributed by atoms with Crippen LogP contribution in [0, 0.1) is 5.92 Å². The van der Waals surface area contributed by atoms with E-state index >= 15 is 0 Å². The van der Waals surface area contributed by atoms with Crippen molar-refractivity contribution in [3.8, 4) is 0 Å². The molecule has 0 aromatic heterocycles. The van der Waals surface area contributed by atoms with Gasteiger partial charge in [0.2, 0.25) is 5.91 Å². The largest absolute Gasteiger partial charge is 0.481 e. The minimum Gasteiger partial charge on any atom is -0.481 e. The predicted octanol–water partition coefficient (Wildman–Crippen LogP) is 0.877. The number of amides is 1. The summed E-state index contributed by atoms with van der Waals surface area (Å²) in [6.45, 7) is 2.88. The Balaban J connectivity index is 1.95. The van der Waals surface area contributed by atoms with Gasteiger partial charge in [-0.1, -0.05) is 0 Å². The summed E-state index contributed by atoms with van der Waals surface area (Å²) >= 11 is 0. The van der Waals surface area contributed by atoms with Gasteiger partial charge in [0.25, 0.3) is 0 Å². The Morgan fingerprint density at radius 3 is 2.53 bits per heavy atom. The van der Waals surface area contributed by atoms with Gasteiger partial charge in [0.1, 0.15) is 0 Å². The molecule has 1 amide bonds. The summed E-state index contributed by atoms with van der Waals surface area (Å²) in [6.07, 6.45) is 2.77. The number of carboxylic acid groups (broad SMARTS) is 1. The Hall–Kier alpha value is -1.10. The van der Waals surface area contributed by atoms with Crippen molar-refractivity contribution < 1.29 is 19.4 Å². The van der Waals surface area contributed by atoms with Crippen LogP contribution in [-0.4, -0.2) is 47.2 Å². The highest BCUT2D eigenvalue weighted by Crippen LogP contribution is 2.31. The van der Waals surface area contributed by atoms with Gasteiger partial charge in [0, 0.05) is 19.2 Å². The van der Waals surface area contributed by atoms with Gasteiger partial charge < -0.3 is 14.7 Å². The smallest absolute Gasteiger partial charge is 0.305 e. The molecule has 1 heterocycles. The molecular formula is C12H19NO4. The van der Waals surface area contributed by atoms with E-state index in [1.807, 2.05) is 6.92 Å². The van der Waals surface area contributed by atoms with Crippen molar-refractivity contribution in [1.29, 1.82) is 0 Å². The van der Waals surface area contributed by atoms with Crippen LogP contribution in [0.1, 0.15) is 32.6 Å². The minimum absolute atomic E-state index is 0.0319. The Kier molecular flexibility index (Phi) is 3.66. The number of hydrogen-bond acceptors (Lipinski definition) is 3. The van der Waals surface area contributed by atoms with Gasteiger partial charge >= 0.3 is 5.97 Å². The van der Waals surface area contributed by atoms with Crippen molar-refractivity contribution in [2.75, 3.05) is 13.2 Å². The van der Waals surface area contributed by atoms with Gasteiger partial charge in [0.15, 0.2) is 0 Å². The van der Waals surface area contributed by atoms with Crippen LogP contribution in [0.15, 0.2) is 0 Å². The third kappa shape index (κ3) is 2.97. The fourth-order valence-electron chi connectivity index (χ4n) is 2.34. The molecule has 17 heavy (non-hydrogen) atoms. The van der Waals surface area contributed by atoms with Gasteiger partial charge in [-0.2, -0.15) is 0 Å². The van der Waals surface area contributed by atoms with Gasteiger partial charge in [-0.25, -0.2) is 0 Å². The highest BCUT2D eigenvalue weighted by Gasteiger charge is 2.39. The maximum atomic E-state index is 12.3. The summed E-state index contributed by atoms with van der Waals surface area (Å²) < 4.78 is 5.40. The van der Waals surface area contributed by atoms with Crippen LogP contribution in [0.25, 0.3) is 0 Å². The summed E-state index contributed by atoms with van der Waals surface area (Å²) in [4.78, 5) is 24.6. The average Bonchev–Trinajstić information content (AvgIpc) is 3.00. The summed E-state index contributed by atoms with van der Waals surface area (Å²) in [5, 5.41) is 8.70. The number of hydrogen-bond donors (Lipinski definition) is 1. The third-order valence-corrected chi connectivity index (χ3v) is 3.53. The summed E-state index contributed by atoms with van der Waals surface area (Å²) in [5.41, 5.74) is 0. The molecule has 2 rings (SSSR count). The molecule has 5 heteroatoms. The molecule has 1 saturated heterocycles. The summed E-state index contributed by atoms with van der Waals surface area (Å²) in [5.74, 6) is -0.845. The minimum atomic E-state index is -0.848. The molecule has 0 bridgehead atoms. The second kappa shape index (κ2) is 5.04. The number of nitrogens with zero attached hydrogens (tertiary/aromatic N) is 1. The van der Waals surface area contributed by atoms with E-state index in [1.165, 1.54) is 0 Å². The number of rotatable bonds is 5. The zero-order valence-corrected chi connectivity index (χ0v) is 10.1. The van der Waals surface area contributed by atoms with Crippen LogP contribution in [0.2, 0.25) is 0 Å². The van der Waals surface area contributed by atoms with E-state index in [0.29, 0.717) is 13.2 Å². The molecule has 0 aromatic rings. The standard InChI is InChI=1S/C12H19NO4/c1-8-10(5-7-17-8)12(16)13(9-2-3-9)6-4-11(14)15/h8-10H,2-7H2,1H3,(H,14,15). The molecule has 5 nitrogen and oxygen atoms in total. The SMILES string of the molecule is CC1OCCC1C(=O)N(CCC(=O)O)C1CC1. The van der Waals surface area contributed by atoms with E-state index in [0.717, 1.165) is 19.3 Å². The molecule has 1 saturated carbocycles. The van der Waals surface area contributed by atoms with E-state index in [1.54, 1.807) is 4.90 Å². The molecular weight excluding hydrogens is 222 g/mol. The first kappa shape index (κ1) is 12.4. The molecule has 2 fully saturated rings. The van der Waals surface area contributed by atoms with Crippen LogP contribution in [-0.2, 0) is 14.3 Å². The van der Waals surface area contributed by atoms with Crippen molar-refractivity contribution in [2.24, 2.45) is 5.92 Å². The van der Waals surface area contributed by atoms with Crippen molar-refractivity contribution >= 4 is 11.9 Å². The number of aliphatic carboxylic acids is 1. The second-order valence-electron chi connectivity index (χ2n) is 4.88. The monoisotopic (exact) mass is 241 g/mol. The molecule has 2 atom stereocenters. The summed E-state index contributed by atoms with van der Waals surface area (Å²) in [7, 11) is 0. The zero-order valence-electron chi connectivity index (χ0n) is 10.1. The second-order valence-corrected chi connectivity index (χ2v) is 4.88. The maximum absolute atomic E-state index is 12.3. The lowest BCUT2D eigenvalue weighted by Crippen LogP contribution is -2.41. The zero-order chi connectivity index (χ0) is 12.4. The quantitative estimate of drug-likeness (QED) is 0.775. The number of carbonyl (C=O) groups is 2. The van der Waals surface area contributed by atoms with E-state index in [9.17, 15) is 9.59 Å². The van der Waals surface area contributed by atoms with E-state index in [2.05, 4.69) is 0 Å². The Morgan fingerprint density at radius 2 is 2.06 bits per heavy atom. The normalized spacial score (nSPS) is 28.1. The average molecular weight is 241 g/mol. The van der Waals surface area contributed by atoms with Crippen molar-refractivity contribution in [3.63, 3.8) is 0 Å². The van der Waals surface area contributed by atoms with Crippen molar-refractivity contribution in [3.05, 3.63) is 0 Å². The first-order valence-corrected chi connectivity index (χ1v) is 6.23.